The number of rotatable bonds is 4. The Labute approximate surface area is 147 Å². The number of nitrogens with one attached hydrogen (secondary N) is 1. The van der Waals surface area contributed by atoms with Crippen molar-refractivity contribution in [3.8, 4) is 0 Å². The molecule has 1 aliphatic rings. The van der Waals surface area contributed by atoms with Crippen LogP contribution < -0.4 is 5.32 Å². The summed E-state index contributed by atoms with van der Waals surface area (Å²) in [6.07, 6.45) is 1.22. The summed E-state index contributed by atoms with van der Waals surface area (Å²) in [7, 11) is 0. The van der Waals surface area contributed by atoms with Crippen LogP contribution in [0.5, 0.6) is 0 Å². The fourth-order valence-electron chi connectivity index (χ4n) is 2.93. The lowest BCUT2D eigenvalue weighted by Crippen LogP contribution is -2.43. The zero-order valence-corrected chi connectivity index (χ0v) is 14.1. The largest absolute Gasteiger partial charge is 0.445 e. The standard InChI is InChI=1S/C20H22N2O3/c23-19(21-18-11-5-2-6-12-18)17-10-7-13-22(14-17)20(24)25-15-16-8-3-1-4-9-16/h1-6,8-9,11-12,17H,7,10,13-15H2,(H,21,23)/t17-/m1/s1. The number of nitrogens with zero attached hydrogens (tertiary/aromatic N) is 1. The summed E-state index contributed by atoms with van der Waals surface area (Å²) in [5, 5.41) is 2.91. The third-order valence-electron chi connectivity index (χ3n) is 4.30. The van der Waals surface area contributed by atoms with Gasteiger partial charge in [-0.25, -0.2) is 4.79 Å². The number of carbonyl (C=O) groups excluding carboxylic acids is 2. The highest BCUT2D eigenvalue weighted by Crippen LogP contribution is 2.19. The van der Waals surface area contributed by atoms with Crippen molar-refractivity contribution in [1.29, 1.82) is 0 Å². The number of hydrogen-bond donors (Lipinski definition) is 1. The molecule has 1 aliphatic heterocycles. The molecule has 0 unspecified atom stereocenters. The minimum atomic E-state index is -0.360. The van der Waals surface area contributed by atoms with Crippen LogP contribution in [-0.2, 0) is 16.1 Å². The molecular weight excluding hydrogens is 316 g/mol. The first-order chi connectivity index (χ1) is 12.2. The Kier molecular flexibility index (Phi) is 5.67. The van der Waals surface area contributed by atoms with Crippen LogP contribution in [0.1, 0.15) is 18.4 Å². The van der Waals surface area contributed by atoms with Crippen molar-refractivity contribution in [2.45, 2.75) is 19.4 Å². The van der Waals surface area contributed by atoms with E-state index in [1.807, 2.05) is 60.7 Å². The molecule has 1 atom stereocenters. The molecule has 0 saturated carbocycles. The number of para-hydroxylation sites is 1. The van der Waals surface area contributed by atoms with E-state index in [1.54, 1.807) is 4.90 Å². The second-order valence-electron chi connectivity index (χ2n) is 6.18. The van der Waals surface area contributed by atoms with Gasteiger partial charge in [-0.3, -0.25) is 4.79 Å². The van der Waals surface area contributed by atoms with Crippen LogP contribution in [0.15, 0.2) is 60.7 Å². The topological polar surface area (TPSA) is 58.6 Å². The first-order valence-corrected chi connectivity index (χ1v) is 8.54. The maximum Gasteiger partial charge on any atom is 0.410 e. The first-order valence-electron chi connectivity index (χ1n) is 8.54. The van der Waals surface area contributed by atoms with Gasteiger partial charge in [-0.15, -0.1) is 0 Å². The Hall–Kier alpha value is -2.82. The second-order valence-corrected chi connectivity index (χ2v) is 6.18. The predicted molar refractivity (Wildman–Crippen MR) is 96.0 cm³/mol. The molecule has 3 rings (SSSR count). The molecule has 0 bridgehead atoms. The molecule has 1 N–H and O–H groups in total. The van der Waals surface area contributed by atoms with Crippen molar-refractivity contribution >= 4 is 17.7 Å². The smallest absolute Gasteiger partial charge is 0.410 e. The van der Waals surface area contributed by atoms with Crippen LogP contribution in [0.2, 0.25) is 0 Å². The summed E-state index contributed by atoms with van der Waals surface area (Å²) >= 11 is 0. The highest BCUT2D eigenvalue weighted by Gasteiger charge is 2.29. The Morgan fingerprint density at radius 2 is 1.72 bits per heavy atom. The lowest BCUT2D eigenvalue weighted by atomic mass is 9.97. The molecule has 0 aromatic heterocycles. The number of piperidine rings is 1. The van der Waals surface area contributed by atoms with Gasteiger partial charge in [-0.2, -0.15) is 0 Å². The van der Waals surface area contributed by atoms with Gasteiger partial charge in [0.05, 0.1) is 5.92 Å². The minimum Gasteiger partial charge on any atom is -0.445 e. The van der Waals surface area contributed by atoms with Crippen LogP contribution in [0, 0.1) is 5.92 Å². The van der Waals surface area contributed by atoms with E-state index < -0.39 is 0 Å². The summed E-state index contributed by atoms with van der Waals surface area (Å²) < 4.78 is 5.37. The van der Waals surface area contributed by atoms with Crippen LogP contribution >= 0.6 is 0 Å². The van der Waals surface area contributed by atoms with E-state index in [0.29, 0.717) is 13.1 Å². The highest BCUT2D eigenvalue weighted by atomic mass is 16.6. The highest BCUT2D eigenvalue weighted by molar-refractivity contribution is 5.93. The van der Waals surface area contributed by atoms with Gasteiger partial charge >= 0.3 is 6.09 Å². The summed E-state index contributed by atoms with van der Waals surface area (Å²) in [5.74, 6) is -0.259. The Bertz CT molecular complexity index is 703. The SMILES string of the molecule is O=C(Nc1ccccc1)[C@@H]1CCCN(C(=O)OCc2ccccc2)C1. The molecule has 5 nitrogen and oxygen atoms in total. The molecule has 5 heteroatoms. The first kappa shape index (κ1) is 17.0. The maximum atomic E-state index is 12.4. The van der Waals surface area contributed by atoms with Crippen LogP contribution in [0.25, 0.3) is 0 Å². The van der Waals surface area contributed by atoms with Crippen molar-refractivity contribution in [3.63, 3.8) is 0 Å². The van der Waals surface area contributed by atoms with Crippen LogP contribution in [-0.4, -0.2) is 30.0 Å². The molecule has 0 radical (unpaired) electrons. The number of anilines is 1. The van der Waals surface area contributed by atoms with Crippen molar-refractivity contribution in [2.24, 2.45) is 5.92 Å². The Morgan fingerprint density at radius 1 is 1.04 bits per heavy atom. The normalized spacial score (nSPS) is 17.0. The van der Waals surface area contributed by atoms with Gasteiger partial charge in [0.2, 0.25) is 5.91 Å². The summed E-state index contributed by atoms with van der Waals surface area (Å²) in [6.45, 7) is 1.27. The van der Waals surface area contributed by atoms with Crippen LogP contribution in [0.3, 0.4) is 0 Å². The van der Waals surface area contributed by atoms with Crippen molar-refractivity contribution in [3.05, 3.63) is 66.2 Å². The Balaban J connectivity index is 1.51. The van der Waals surface area contributed by atoms with Gasteiger partial charge in [0.15, 0.2) is 0 Å². The molecule has 1 fully saturated rings. The predicted octanol–water partition coefficient (Wildman–Crippen LogP) is 3.67. The van der Waals surface area contributed by atoms with Crippen molar-refractivity contribution in [2.75, 3.05) is 18.4 Å². The Morgan fingerprint density at radius 3 is 2.44 bits per heavy atom. The number of amides is 2. The second kappa shape index (κ2) is 8.33. The molecule has 0 aliphatic carbocycles. The lowest BCUT2D eigenvalue weighted by molar-refractivity contribution is -0.121. The van der Waals surface area contributed by atoms with Gasteiger partial charge in [-0.05, 0) is 30.5 Å². The van der Waals surface area contributed by atoms with Gasteiger partial charge < -0.3 is 15.0 Å². The summed E-state index contributed by atoms with van der Waals surface area (Å²) in [4.78, 5) is 26.3. The van der Waals surface area contributed by atoms with E-state index in [-0.39, 0.29) is 24.5 Å². The third kappa shape index (κ3) is 4.83. The number of carbonyl (C=O) groups is 2. The molecule has 2 aromatic rings. The van der Waals surface area contributed by atoms with E-state index in [2.05, 4.69) is 5.32 Å². The fourth-order valence-corrected chi connectivity index (χ4v) is 2.93. The average Bonchev–Trinajstić information content (AvgIpc) is 2.68. The quantitative estimate of drug-likeness (QED) is 0.925. The van der Waals surface area contributed by atoms with Gasteiger partial charge in [0, 0.05) is 18.8 Å². The molecule has 1 saturated heterocycles. The van der Waals surface area contributed by atoms with E-state index in [1.165, 1.54) is 0 Å². The van der Waals surface area contributed by atoms with Crippen molar-refractivity contribution in [1.82, 2.24) is 4.90 Å². The van der Waals surface area contributed by atoms with Crippen molar-refractivity contribution < 1.29 is 14.3 Å². The van der Waals surface area contributed by atoms with Crippen LogP contribution in [0.4, 0.5) is 10.5 Å². The zero-order chi connectivity index (χ0) is 17.5. The van der Waals surface area contributed by atoms with Gasteiger partial charge in [0.25, 0.3) is 0 Å². The average molecular weight is 338 g/mol. The summed E-state index contributed by atoms with van der Waals surface area (Å²) in [5.41, 5.74) is 1.72. The maximum absolute atomic E-state index is 12.4. The number of hydrogen-bond acceptors (Lipinski definition) is 3. The number of ether oxygens (including phenoxy) is 1. The third-order valence-corrected chi connectivity index (χ3v) is 4.30. The monoisotopic (exact) mass is 338 g/mol. The summed E-state index contributed by atoms with van der Waals surface area (Å²) in [6, 6.07) is 18.9. The van der Waals surface area contributed by atoms with Gasteiger partial charge in [-0.1, -0.05) is 48.5 Å². The van der Waals surface area contributed by atoms with E-state index in [0.717, 1.165) is 24.1 Å². The van der Waals surface area contributed by atoms with E-state index >= 15 is 0 Å². The molecule has 25 heavy (non-hydrogen) atoms. The number of likely N-dealkylation sites (tertiary alicyclic amines) is 1. The minimum absolute atomic E-state index is 0.0493. The van der Waals surface area contributed by atoms with Gasteiger partial charge in [0.1, 0.15) is 6.61 Å². The molecule has 2 aromatic carbocycles. The molecule has 1 heterocycles. The van der Waals surface area contributed by atoms with E-state index in [4.69, 9.17) is 4.74 Å². The molecular formula is C20H22N2O3. The lowest BCUT2D eigenvalue weighted by Gasteiger charge is -2.31. The fraction of sp³-hybridized carbons (Fsp3) is 0.300. The molecule has 130 valence electrons. The molecule has 0 spiro atoms. The number of benzene rings is 2. The van der Waals surface area contributed by atoms with E-state index in [9.17, 15) is 9.59 Å². The molecule has 2 amide bonds. The zero-order valence-electron chi connectivity index (χ0n) is 14.1.